The van der Waals surface area contributed by atoms with Gasteiger partial charge in [-0.3, -0.25) is 19.1 Å². The van der Waals surface area contributed by atoms with Gasteiger partial charge in [0.05, 0.1) is 19.0 Å². The van der Waals surface area contributed by atoms with E-state index in [-0.39, 0.29) is 29.9 Å². The SMILES string of the molecule is CN(CCCCc1ccccc1)C(=O)Cn1cc(NC(=O)C2CCCO2)cn1.COc1cc(=O)cc[nH]1. The molecule has 1 aromatic carbocycles. The number of nitrogens with zero attached hydrogens (tertiary/aromatic N) is 3. The van der Waals surface area contributed by atoms with E-state index in [1.165, 1.54) is 24.8 Å². The number of pyridine rings is 1. The number of H-pyrrole nitrogens is 1. The molecule has 0 aliphatic carbocycles. The molecule has 10 heteroatoms. The fourth-order valence-corrected chi connectivity index (χ4v) is 3.77. The second kappa shape index (κ2) is 14.6. The molecule has 1 fully saturated rings. The average Bonchev–Trinajstić information content (AvgIpc) is 3.60. The highest BCUT2D eigenvalue weighted by molar-refractivity contribution is 5.94. The zero-order valence-electron chi connectivity index (χ0n) is 21.4. The summed E-state index contributed by atoms with van der Waals surface area (Å²) in [5, 5.41) is 6.96. The Morgan fingerprint density at radius 3 is 2.73 bits per heavy atom. The Hall–Kier alpha value is -3.92. The van der Waals surface area contributed by atoms with Crippen molar-refractivity contribution in [1.29, 1.82) is 0 Å². The molecule has 3 aromatic rings. The van der Waals surface area contributed by atoms with Crippen molar-refractivity contribution in [2.75, 3.05) is 32.6 Å². The largest absolute Gasteiger partial charge is 0.482 e. The number of aromatic nitrogens is 3. The topological polar surface area (TPSA) is 119 Å². The van der Waals surface area contributed by atoms with E-state index in [4.69, 9.17) is 9.47 Å². The number of likely N-dealkylation sites (N-methyl/N-ethyl adjacent to an activating group) is 1. The highest BCUT2D eigenvalue weighted by atomic mass is 16.5. The fourth-order valence-electron chi connectivity index (χ4n) is 3.77. The number of rotatable bonds is 10. The zero-order valence-corrected chi connectivity index (χ0v) is 21.4. The van der Waals surface area contributed by atoms with E-state index in [9.17, 15) is 14.4 Å². The van der Waals surface area contributed by atoms with Gasteiger partial charge in [0.15, 0.2) is 11.3 Å². The van der Waals surface area contributed by atoms with Gasteiger partial charge in [0.2, 0.25) is 5.91 Å². The van der Waals surface area contributed by atoms with Crippen LogP contribution in [0.1, 0.15) is 31.2 Å². The van der Waals surface area contributed by atoms with Crippen LogP contribution in [0.25, 0.3) is 0 Å². The number of nitrogens with one attached hydrogen (secondary N) is 2. The van der Waals surface area contributed by atoms with Crippen LogP contribution in [0.5, 0.6) is 5.88 Å². The first kappa shape index (κ1) is 27.7. The first-order chi connectivity index (χ1) is 17.9. The minimum Gasteiger partial charge on any atom is -0.482 e. The summed E-state index contributed by atoms with van der Waals surface area (Å²) in [6.07, 6.45) is 9.07. The monoisotopic (exact) mass is 509 g/mol. The number of unbranched alkanes of at least 4 members (excludes halogenated alkanes) is 1. The maximum Gasteiger partial charge on any atom is 0.253 e. The minimum atomic E-state index is -0.382. The van der Waals surface area contributed by atoms with Crippen LogP contribution >= 0.6 is 0 Å². The van der Waals surface area contributed by atoms with Crippen molar-refractivity contribution in [3.63, 3.8) is 0 Å². The second-order valence-electron chi connectivity index (χ2n) is 8.77. The highest BCUT2D eigenvalue weighted by Gasteiger charge is 2.23. The number of methoxy groups -OCH3 is 1. The molecule has 10 nitrogen and oxygen atoms in total. The third kappa shape index (κ3) is 9.57. The van der Waals surface area contributed by atoms with Gasteiger partial charge in [0, 0.05) is 44.7 Å². The van der Waals surface area contributed by atoms with E-state index in [1.54, 1.807) is 28.2 Å². The van der Waals surface area contributed by atoms with E-state index in [0.29, 0.717) is 18.2 Å². The molecule has 3 heterocycles. The number of hydrogen-bond donors (Lipinski definition) is 2. The Kier molecular flexibility index (Phi) is 10.9. The molecule has 0 radical (unpaired) electrons. The quantitative estimate of drug-likeness (QED) is 0.406. The molecule has 2 aromatic heterocycles. The fraction of sp³-hybridized carbons (Fsp3) is 0.407. The molecule has 2 N–H and O–H groups in total. The summed E-state index contributed by atoms with van der Waals surface area (Å²) in [5.41, 5.74) is 1.86. The van der Waals surface area contributed by atoms with Crippen molar-refractivity contribution in [1.82, 2.24) is 19.7 Å². The van der Waals surface area contributed by atoms with Crippen molar-refractivity contribution in [2.24, 2.45) is 0 Å². The molecule has 4 rings (SSSR count). The van der Waals surface area contributed by atoms with Crippen LogP contribution in [0.4, 0.5) is 5.69 Å². The van der Waals surface area contributed by atoms with Crippen molar-refractivity contribution in [2.45, 2.75) is 44.8 Å². The number of carbonyl (C=O) groups excluding carboxylic acids is 2. The summed E-state index contributed by atoms with van der Waals surface area (Å²) in [4.78, 5) is 39.4. The number of ether oxygens (including phenoxy) is 2. The summed E-state index contributed by atoms with van der Waals surface area (Å²) in [6.45, 7) is 1.50. The lowest BCUT2D eigenvalue weighted by atomic mass is 10.1. The Labute approximate surface area is 216 Å². The summed E-state index contributed by atoms with van der Waals surface area (Å²) in [5.74, 6) is 0.334. The van der Waals surface area contributed by atoms with Gasteiger partial charge >= 0.3 is 0 Å². The molecule has 37 heavy (non-hydrogen) atoms. The molecule has 1 aliphatic rings. The van der Waals surface area contributed by atoms with Gasteiger partial charge in [-0.1, -0.05) is 30.3 Å². The third-order valence-corrected chi connectivity index (χ3v) is 5.86. The van der Waals surface area contributed by atoms with Gasteiger partial charge in [-0.2, -0.15) is 5.10 Å². The number of benzene rings is 1. The molecule has 0 saturated carbocycles. The number of carbonyl (C=O) groups is 2. The third-order valence-electron chi connectivity index (χ3n) is 5.86. The summed E-state index contributed by atoms with van der Waals surface area (Å²) in [7, 11) is 3.32. The molecule has 1 saturated heterocycles. The first-order valence-electron chi connectivity index (χ1n) is 12.4. The number of anilines is 1. The molecule has 1 aliphatic heterocycles. The van der Waals surface area contributed by atoms with Crippen molar-refractivity contribution in [3.05, 3.63) is 76.8 Å². The average molecular weight is 510 g/mol. The number of amides is 2. The minimum absolute atomic E-state index is 0.000172. The lowest BCUT2D eigenvalue weighted by Gasteiger charge is -2.17. The number of aryl methyl sites for hydroxylation is 1. The summed E-state index contributed by atoms with van der Waals surface area (Å²) >= 11 is 0. The molecular formula is C27H35N5O5. The lowest BCUT2D eigenvalue weighted by Crippen LogP contribution is -2.31. The van der Waals surface area contributed by atoms with Crippen LogP contribution in [0.2, 0.25) is 0 Å². The van der Waals surface area contributed by atoms with E-state index >= 15 is 0 Å². The van der Waals surface area contributed by atoms with Gasteiger partial charge < -0.3 is 24.7 Å². The standard InChI is InChI=1S/C21H28N4O3.C6H7NO2/c1-24(12-6-5-10-17-8-3-2-4-9-17)20(26)16-25-15-18(14-22-25)23-21(27)19-11-7-13-28-19;1-9-6-4-5(8)2-3-7-6/h2-4,8-9,14-15,19H,5-7,10-13,16H2,1H3,(H,23,27);2-4H,1H3,(H,7,8). The number of hydrogen-bond acceptors (Lipinski definition) is 6. The molecule has 1 atom stereocenters. The van der Waals surface area contributed by atoms with Crippen LogP contribution in [-0.2, 0) is 27.3 Å². The molecular weight excluding hydrogens is 474 g/mol. The lowest BCUT2D eigenvalue weighted by molar-refractivity contribution is -0.130. The van der Waals surface area contributed by atoms with Crippen LogP contribution in [0, 0.1) is 0 Å². The summed E-state index contributed by atoms with van der Waals surface area (Å²) in [6, 6.07) is 13.2. The van der Waals surface area contributed by atoms with Gasteiger partial charge in [0.1, 0.15) is 12.6 Å². The van der Waals surface area contributed by atoms with E-state index in [0.717, 1.165) is 38.6 Å². The highest BCUT2D eigenvalue weighted by Crippen LogP contribution is 2.15. The summed E-state index contributed by atoms with van der Waals surface area (Å²) < 4.78 is 11.7. The van der Waals surface area contributed by atoms with Crippen LogP contribution in [0.15, 0.2) is 65.8 Å². The van der Waals surface area contributed by atoms with Crippen molar-refractivity contribution >= 4 is 17.5 Å². The first-order valence-corrected chi connectivity index (χ1v) is 12.4. The van der Waals surface area contributed by atoms with Crippen LogP contribution in [0.3, 0.4) is 0 Å². The van der Waals surface area contributed by atoms with E-state index in [2.05, 4.69) is 27.5 Å². The van der Waals surface area contributed by atoms with E-state index in [1.807, 2.05) is 25.2 Å². The Morgan fingerprint density at radius 2 is 2.05 bits per heavy atom. The normalized spacial score (nSPS) is 14.4. The van der Waals surface area contributed by atoms with Crippen LogP contribution < -0.4 is 15.5 Å². The smallest absolute Gasteiger partial charge is 0.253 e. The van der Waals surface area contributed by atoms with Gasteiger partial charge in [-0.25, -0.2) is 0 Å². The van der Waals surface area contributed by atoms with Gasteiger partial charge in [-0.15, -0.1) is 0 Å². The Balaban J connectivity index is 0.000000356. The predicted octanol–water partition coefficient (Wildman–Crippen LogP) is 2.87. The van der Waals surface area contributed by atoms with Crippen molar-refractivity contribution < 1.29 is 19.1 Å². The molecule has 0 bridgehead atoms. The Bertz CT molecular complexity index is 1170. The van der Waals surface area contributed by atoms with Gasteiger partial charge in [-0.05, 0) is 37.7 Å². The molecule has 198 valence electrons. The van der Waals surface area contributed by atoms with Crippen molar-refractivity contribution in [3.8, 4) is 5.88 Å². The molecule has 2 amide bonds. The van der Waals surface area contributed by atoms with Gasteiger partial charge in [0.25, 0.3) is 5.91 Å². The maximum atomic E-state index is 12.4. The Morgan fingerprint density at radius 1 is 1.24 bits per heavy atom. The molecule has 1 unspecified atom stereocenters. The van der Waals surface area contributed by atoms with E-state index < -0.39 is 0 Å². The zero-order chi connectivity index (χ0) is 26.5. The molecule has 0 spiro atoms. The maximum absolute atomic E-state index is 12.4. The van der Waals surface area contributed by atoms with Crippen LogP contribution in [-0.4, -0.2) is 64.9 Å². The number of aromatic amines is 1. The predicted molar refractivity (Wildman–Crippen MR) is 140 cm³/mol. The second-order valence-corrected chi connectivity index (χ2v) is 8.77.